The van der Waals surface area contributed by atoms with E-state index in [1.807, 2.05) is 0 Å². The fourth-order valence-corrected chi connectivity index (χ4v) is 9.38. The van der Waals surface area contributed by atoms with Crippen LogP contribution >= 0.6 is 0 Å². The molecule has 5 aliphatic carbocycles. The van der Waals surface area contributed by atoms with Gasteiger partial charge >= 0.3 is 0 Å². The topological polar surface area (TPSA) is 101 Å². The first-order valence-electron chi connectivity index (χ1n) is 23.1. The molecule has 0 aromatic carbocycles. The molecule has 5 heteroatoms. The van der Waals surface area contributed by atoms with E-state index in [2.05, 4.69) is 34.6 Å². The van der Waals surface area contributed by atoms with Gasteiger partial charge in [0.25, 0.3) is 0 Å². The minimum Gasteiger partial charge on any atom is -0.393 e. The minimum absolute atomic E-state index is 0.000278. The molecule has 0 aromatic rings. The Balaban J connectivity index is 0.000000319. The van der Waals surface area contributed by atoms with Crippen molar-refractivity contribution >= 4 is 0 Å². The maximum atomic E-state index is 9.67. The van der Waals surface area contributed by atoms with Gasteiger partial charge < -0.3 is 25.5 Å². The molecule has 51 heavy (non-hydrogen) atoms. The Labute approximate surface area is 318 Å². The summed E-state index contributed by atoms with van der Waals surface area (Å²) in [5.41, 5.74) is 0. The van der Waals surface area contributed by atoms with Gasteiger partial charge in [0.2, 0.25) is 0 Å². The quantitative estimate of drug-likeness (QED) is 0.182. The molecule has 0 bridgehead atoms. The Morgan fingerprint density at radius 2 is 0.373 bits per heavy atom. The van der Waals surface area contributed by atoms with Crippen molar-refractivity contribution in [3.05, 3.63) is 0 Å². The molecule has 0 aromatic heterocycles. The van der Waals surface area contributed by atoms with Crippen LogP contribution in [-0.2, 0) is 0 Å². The Morgan fingerprint density at radius 1 is 0.235 bits per heavy atom. The number of hydrogen-bond donors (Lipinski definition) is 5. The van der Waals surface area contributed by atoms with Gasteiger partial charge in [-0.25, -0.2) is 0 Å². The third-order valence-electron chi connectivity index (χ3n) is 13.5. The summed E-state index contributed by atoms with van der Waals surface area (Å²) in [4.78, 5) is 0. The highest BCUT2D eigenvalue weighted by molar-refractivity contribution is 4.74. The molecule has 0 saturated heterocycles. The van der Waals surface area contributed by atoms with Crippen molar-refractivity contribution in [3.63, 3.8) is 0 Å². The zero-order chi connectivity index (χ0) is 37.7. The Hall–Kier alpha value is -0.200. The van der Waals surface area contributed by atoms with E-state index < -0.39 is 0 Å². The fraction of sp³-hybridized carbons (Fsp3) is 1.00. The van der Waals surface area contributed by atoms with Gasteiger partial charge in [0.05, 0.1) is 30.5 Å². The van der Waals surface area contributed by atoms with Crippen molar-refractivity contribution in [1.82, 2.24) is 0 Å². The smallest absolute Gasteiger partial charge is 0.0568 e. The second kappa shape index (κ2) is 32.1. The van der Waals surface area contributed by atoms with Gasteiger partial charge in [-0.1, -0.05) is 169 Å². The SMILES string of the molecule is CC[C@@H]1CCCCCC[C@H]1O.CC[C@@H]1CCCCC[C@H]1O.CC[C@H]1CCCCCC[C@@H]1O.CC[C@H]1CCCCC[C@@H]1O.CC[C@H]1CCCC[C@@H]1O. The summed E-state index contributed by atoms with van der Waals surface area (Å²) in [6.45, 7) is 10.9. The van der Waals surface area contributed by atoms with Crippen molar-refractivity contribution < 1.29 is 25.5 Å². The van der Waals surface area contributed by atoms with Gasteiger partial charge in [0.15, 0.2) is 0 Å². The molecule has 0 unspecified atom stereocenters. The molecule has 306 valence electrons. The van der Waals surface area contributed by atoms with Crippen LogP contribution < -0.4 is 0 Å². The molecular formula is C46H92O5. The molecule has 0 heterocycles. The van der Waals surface area contributed by atoms with Gasteiger partial charge in [0.1, 0.15) is 0 Å². The minimum atomic E-state index is 0.000278. The molecule has 0 amide bonds. The summed E-state index contributed by atoms with van der Waals surface area (Å²) in [5, 5.41) is 47.8. The number of hydrogen-bond acceptors (Lipinski definition) is 5. The van der Waals surface area contributed by atoms with Crippen molar-refractivity contribution in [2.75, 3.05) is 0 Å². The molecule has 5 aliphatic rings. The van der Waals surface area contributed by atoms with E-state index >= 15 is 0 Å². The van der Waals surface area contributed by atoms with E-state index in [1.54, 1.807) is 0 Å². The lowest BCUT2D eigenvalue weighted by Crippen LogP contribution is -2.23. The van der Waals surface area contributed by atoms with E-state index in [0.29, 0.717) is 29.6 Å². The Morgan fingerprint density at radius 3 is 0.569 bits per heavy atom. The lowest BCUT2D eigenvalue weighted by molar-refractivity contribution is 0.0680. The molecule has 5 N–H and O–H groups in total. The van der Waals surface area contributed by atoms with Crippen LogP contribution in [0.1, 0.15) is 234 Å². The first-order valence-corrected chi connectivity index (χ1v) is 23.1. The third-order valence-corrected chi connectivity index (χ3v) is 13.5. The molecule has 10 atom stereocenters. The lowest BCUT2D eigenvalue weighted by Gasteiger charge is -2.25. The standard InChI is InChI=1S/2C10H20O.2C9H18O.C8H16O/c2*1-2-9-7-5-3-4-6-8-10(9)11;2*1-2-8-6-4-3-5-7-9(8)10;1-2-7-5-3-4-6-8(7)9/h2*9-11H,2-8H2,1H3;2*8-10H,2-7H2,1H3;7-9H,2-6H2,1H3/t2*9-,10-;2*8-,9-;7-,8-/m10100/s1. The van der Waals surface area contributed by atoms with Crippen LogP contribution in [-0.4, -0.2) is 56.1 Å². The van der Waals surface area contributed by atoms with E-state index in [9.17, 15) is 25.5 Å². The Kier molecular flexibility index (Phi) is 30.7. The first kappa shape index (κ1) is 48.8. The molecule has 0 spiro atoms. The van der Waals surface area contributed by atoms with Crippen LogP contribution in [0.25, 0.3) is 0 Å². The van der Waals surface area contributed by atoms with E-state index in [0.717, 1.165) is 64.2 Å². The summed E-state index contributed by atoms with van der Waals surface area (Å²) in [5.74, 6) is 2.99. The highest BCUT2D eigenvalue weighted by Crippen LogP contribution is 2.28. The predicted molar refractivity (Wildman–Crippen MR) is 219 cm³/mol. The van der Waals surface area contributed by atoms with Crippen LogP contribution in [0.5, 0.6) is 0 Å². The largest absolute Gasteiger partial charge is 0.393 e. The van der Waals surface area contributed by atoms with Gasteiger partial charge in [-0.3, -0.25) is 0 Å². The molecular weight excluding hydrogens is 633 g/mol. The normalized spacial score (nSPS) is 35.2. The van der Waals surface area contributed by atoms with Gasteiger partial charge in [-0.2, -0.15) is 0 Å². The Bertz CT molecular complexity index is 697. The summed E-state index contributed by atoms with van der Waals surface area (Å²) < 4.78 is 0. The number of aliphatic hydroxyl groups is 5. The van der Waals surface area contributed by atoms with Crippen molar-refractivity contribution in [3.8, 4) is 0 Å². The van der Waals surface area contributed by atoms with Crippen molar-refractivity contribution in [2.24, 2.45) is 29.6 Å². The average molecular weight is 725 g/mol. The van der Waals surface area contributed by atoms with Crippen LogP contribution in [0.15, 0.2) is 0 Å². The molecule has 5 fully saturated rings. The van der Waals surface area contributed by atoms with Crippen LogP contribution in [0.2, 0.25) is 0 Å². The van der Waals surface area contributed by atoms with Gasteiger partial charge in [-0.05, 0) is 93.8 Å². The third kappa shape index (κ3) is 22.7. The molecule has 0 radical (unpaired) electrons. The fourth-order valence-electron chi connectivity index (χ4n) is 9.38. The predicted octanol–water partition coefficient (Wildman–Crippen LogP) is 12.1. The maximum absolute atomic E-state index is 9.67. The zero-order valence-corrected chi connectivity index (χ0v) is 34.9. The summed E-state index contributed by atoms with van der Waals surface area (Å²) in [6.07, 6.45) is 38.1. The second-order valence-corrected chi connectivity index (χ2v) is 17.2. The number of aliphatic hydroxyl groups excluding tert-OH is 5. The summed E-state index contributed by atoms with van der Waals surface area (Å²) in [7, 11) is 0. The number of rotatable bonds is 5. The molecule has 0 aliphatic heterocycles. The van der Waals surface area contributed by atoms with Crippen molar-refractivity contribution in [1.29, 1.82) is 0 Å². The van der Waals surface area contributed by atoms with Crippen LogP contribution in [0.3, 0.4) is 0 Å². The first-order chi connectivity index (χ1) is 24.7. The maximum Gasteiger partial charge on any atom is 0.0568 e. The van der Waals surface area contributed by atoms with Gasteiger partial charge in [0, 0.05) is 0 Å². The highest BCUT2D eigenvalue weighted by atomic mass is 16.3. The van der Waals surface area contributed by atoms with E-state index in [-0.39, 0.29) is 30.5 Å². The second-order valence-electron chi connectivity index (χ2n) is 17.2. The van der Waals surface area contributed by atoms with E-state index in [1.165, 1.54) is 135 Å². The van der Waals surface area contributed by atoms with Gasteiger partial charge in [-0.15, -0.1) is 0 Å². The lowest BCUT2D eigenvalue weighted by atomic mass is 9.85. The van der Waals surface area contributed by atoms with E-state index in [4.69, 9.17) is 0 Å². The highest BCUT2D eigenvalue weighted by Gasteiger charge is 2.22. The summed E-state index contributed by atoms with van der Waals surface area (Å²) >= 11 is 0. The van der Waals surface area contributed by atoms with Crippen LogP contribution in [0.4, 0.5) is 0 Å². The average Bonchev–Trinajstić information content (AvgIpc) is 3.48. The molecule has 5 saturated carbocycles. The summed E-state index contributed by atoms with van der Waals surface area (Å²) in [6, 6.07) is 0. The molecule has 5 nitrogen and oxygen atoms in total. The molecule has 5 rings (SSSR count). The van der Waals surface area contributed by atoms with Crippen LogP contribution in [0, 0.1) is 29.6 Å². The zero-order valence-electron chi connectivity index (χ0n) is 34.9. The van der Waals surface area contributed by atoms with Crippen molar-refractivity contribution in [2.45, 2.75) is 264 Å². The monoisotopic (exact) mass is 725 g/mol.